The standard InChI is InChI=1S/C16H27NO/c1-11(2)13-7-9-16(4)8-5-6-12(3)14(16)15(13)17-10-18/h10-11,13-15H,3,5-9H2,1-2,4H3,(H,17,18)/t13-,14+,15-,16-/m0/s1. The van der Waals surface area contributed by atoms with E-state index in [9.17, 15) is 4.79 Å². The third-order valence-corrected chi connectivity index (χ3v) is 5.42. The molecule has 4 atom stereocenters. The molecule has 18 heavy (non-hydrogen) atoms. The maximum atomic E-state index is 11.0. The third kappa shape index (κ3) is 2.22. The molecule has 0 radical (unpaired) electrons. The van der Waals surface area contributed by atoms with Crippen LogP contribution in [0.4, 0.5) is 0 Å². The van der Waals surface area contributed by atoms with E-state index in [0.29, 0.717) is 29.2 Å². The number of fused-ring (bicyclic) bond motifs is 1. The van der Waals surface area contributed by atoms with Gasteiger partial charge in [-0.1, -0.05) is 32.9 Å². The highest BCUT2D eigenvalue weighted by molar-refractivity contribution is 5.47. The molecule has 2 nitrogen and oxygen atoms in total. The van der Waals surface area contributed by atoms with Crippen molar-refractivity contribution in [3.8, 4) is 0 Å². The van der Waals surface area contributed by atoms with Gasteiger partial charge in [0, 0.05) is 12.0 Å². The van der Waals surface area contributed by atoms with E-state index in [1.807, 2.05) is 0 Å². The normalized spacial score (nSPS) is 40.4. The average molecular weight is 249 g/mol. The Hall–Kier alpha value is -0.790. The van der Waals surface area contributed by atoms with Crippen LogP contribution in [0.15, 0.2) is 12.2 Å². The minimum atomic E-state index is 0.300. The predicted octanol–water partition coefficient (Wildman–Crippen LogP) is 3.53. The fourth-order valence-electron chi connectivity index (χ4n) is 4.46. The SMILES string of the molecule is C=C1CCC[C@@]2(C)CC[C@@H](C(C)C)[C@H](NC=O)[C@@H]12. The van der Waals surface area contributed by atoms with Crippen LogP contribution < -0.4 is 5.32 Å². The van der Waals surface area contributed by atoms with Crippen molar-refractivity contribution >= 4 is 6.41 Å². The molecule has 102 valence electrons. The van der Waals surface area contributed by atoms with Crippen LogP contribution in [0.2, 0.25) is 0 Å². The Morgan fingerprint density at radius 2 is 2.17 bits per heavy atom. The lowest BCUT2D eigenvalue weighted by Gasteiger charge is -2.54. The smallest absolute Gasteiger partial charge is 0.207 e. The largest absolute Gasteiger partial charge is 0.355 e. The molecule has 2 saturated carbocycles. The van der Waals surface area contributed by atoms with Gasteiger partial charge in [0.25, 0.3) is 0 Å². The van der Waals surface area contributed by atoms with Gasteiger partial charge in [-0.05, 0) is 49.4 Å². The maximum absolute atomic E-state index is 11.0. The van der Waals surface area contributed by atoms with Gasteiger partial charge < -0.3 is 5.32 Å². The van der Waals surface area contributed by atoms with Crippen LogP contribution in [0, 0.1) is 23.2 Å². The second-order valence-electron chi connectivity index (χ2n) is 6.90. The molecule has 2 fully saturated rings. The van der Waals surface area contributed by atoms with Crippen molar-refractivity contribution in [1.82, 2.24) is 5.32 Å². The van der Waals surface area contributed by atoms with E-state index in [1.165, 1.54) is 31.3 Å². The molecule has 0 aliphatic heterocycles. The molecule has 0 aromatic carbocycles. The first-order valence-electron chi connectivity index (χ1n) is 7.37. The molecule has 1 amide bonds. The first-order valence-corrected chi connectivity index (χ1v) is 7.37. The minimum Gasteiger partial charge on any atom is -0.355 e. The van der Waals surface area contributed by atoms with E-state index in [0.717, 1.165) is 12.8 Å². The molecular weight excluding hydrogens is 222 g/mol. The summed E-state index contributed by atoms with van der Waals surface area (Å²) >= 11 is 0. The quantitative estimate of drug-likeness (QED) is 0.601. The first kappa shape index (κ1) is 13.6. The Kier molecular flexibility index (Phi) is 3.84. The van der Waals surface area contributed by atoms with Crippen molar-refractivity contribution in [2.45, 2.75) is 58.9 Å². The van der Waals surface area contributed by atoms with Gasteiger partial charge in [0.2, 0.25) is 6.41 Å². The van der Waals surface area contributed by atoms with E-state index < -0.39 is 0 Å². The summed E-state index contributed by atoms with van der Waals surface area (Å²) in [6.45, 7) is 11.3. The summed E-state index contributed by atoms with van der Waals surface area (Å²) in [6.07, 6.45) is 7.13. The van der Waals surface area contributed by atoms with Crippen LogP contribution in [0.25, 0.3) is 0 Å². The number of hydrogen-bond acceptors (Lipinski definition) is 1. The summed E-state index contributed by atoms with van der Waals surface area (Å²) in [4.78, 5) is 11.0. The van der Waals surface area contributed by atoms with Gasteiger partial charge in [-0.3, -0.25) is 4.79 Å². The molecule has 0 unspecified atom stereocenters. The molecule has 2 heteroatoms. The van der Waals surface area contributed by atoms with E-state index in [2.05, 4.69) is 32.7 Å². The highest BCUT2D eigenvalue weighted by Gasteiger charge is 2.49. The number of hydrogen-bond donors (Lipinski definition) is 1. The Balaban J connectivity index is 2.30. The first-order chi connectivity index (χ1) is 8.49. The van der Waals surface area contributed by atoms with Gasteiger partial charge in [0.15, 0.2) is 0 Å². The fraction of sp³-hybridized carbons (Fsp3) is 0.812. The topological polar surface area (TPSA) is 29.1 Å². The van der Waals surface area contributed by atoms with Crippen molar-refractivity contribution < 1.29 is 4.79 Å². The predicted molar refractivity (Wildman–Crippen MR) is 75.1 cm³/mol. The number of carbonyl (C=O) groups excluding carboxylic acids is 1. The zero-order valence-electron chi connectivity index (χ0n) is 12.0. The molecule has 0 heterocycles. The molecule has 0 aromatic rings. The molecule has 0 aromatic heterocycles. The highest BCUT2D eigenvalue weighted by atomic mass is 16.1. The summed E-state index contributed by atoms with van der Waals surface area (Å²) in [5.74, 6) is 1.71. The molecule has 2 rings (SSSR count). The molecule has 2 aliphatic carbocycles. The van der Waals surface area contributed by atoms with Crippen molar-refractivity contribution in [1.29, 1.82) is 0 Å². The van der Waals surface area contributed by atoms with E-state index in [-0.39, 0.29) is 0 Å². The number of carbonyl (C=O) groups is 1. The van der Waals surface area contributed by atoms with Crippen LogP contribution in [-0.2, 0) is 4.79 Å². The Morgan fingerprint density at radius 1 is 1.44 bits per heavy atom. The van der Waals surface area contributed by atoms with Gasteiger partial charge in [0.05, 0.1) is 0 Å². The number of nitrogens with one attached hydrogen (secondary N) is 1. The van der Waals surface area contributed by atoms with Crippen LogP contribution in [-0.4, -0.2) is 12.5 Å². The summed E-state index contributed by atoms with van der Waals surface area (Å²) in [6, 6.07) is 0.300. The Labute approximate surface area is 111 Å². The minimum absolute atomic E-state index is 0.300. The number of amides is 1. The van der Waals surface area contributed by atoms with Gasteiger partial charge in [0.1, 0.15) is 0 Å². The van der Waals surface area contributed by atoms with Crippen LogP contribution in [0.3, 0.4) is 0 Å². The summed E-state index contributed by atoms with van der Waals surface area (Å²) in [7, 11) is 0. The average Bonchev–Trinajstić information content (AvgIpc) is 2.28. The lowest BCUT2D eigenvalue weighted by molar-refractivity contribution is -0.112. The molecule has 2 aliphatic rings. The van der Waals surface area contributed by atoms with Crippen molar-refractivity contribution in [3.05, 3.63) is 12.2 Å². The van der Waals surface area contributed by atoms with Crippen LogP contribution >= 0.6 is 0 Å². The lowest BCUT2D eigenvalue weighted by atomic mass is 9.53. The second kappa shape index (κ2) is 5.07. The zero-order chi connectivity index (χ0) is 13.3. The van der Waals surface area contributed by atoms with Crippen molar-refractivity contribution in [2.24, 2.45) is 23.2 Å². The number of rotatable bonds is 3. The highest BCUT2D eigenvalue weighted by Crippen LogP contribution is 2.54. The third-order valence-electron chi connectivity index (χ3n) is 5.42. The van der Waals surface area contributed by atoms with Gasteiger partial charge >= 0.3 is 0 Å². The zero-order valence-corrected chi connectivity index (χ0v) is 12.0. The monoisotopic (exact) mass is 249 g/mol. The fourth-order valence-corrected chi connectivity index (χ4v) is 4.46. The van der Waals surface area contributed by atoms with Crippen molar-refractivity contribution in [2.75, 3.05) is 0 Å². The van der Waals surface area contributed by atoms with E-state index >= 15 is 0 Å². The molecule has 0 saturated heterocycles. The summed E-state index contributed by atoms with van der Waals surface area (Å²) in [5, 5.41) is 3.13. The van der Waals surface area contributed by atoms with Gasteiger partial charge in [-0.2, -0.15) is 0 Å². The lowest BCUT2D eigenvalue weighted by Crippen LogP contribution is -2.55. The van der Waals surface area contributed by atoms with Crippen LogP contribution in [0.1, 0.15) is 52.9 Å². The summed E-state index contributed by atoms with van der Waals surface area (Å²) in [5.41, 5.74) is 1.73. The Morgan fingerprint density at radius 3 is 2.78 bits per heavy atom. The Bertz CT molecular complexity index is 336. The molecule has 0 bridgehead atoms. The van der Waals surface area contributed by atoms with Crippen molar-refractivity contribution in [3.63, 3.8) is 0 Å². The maximum Gasteiger partial charge on any atom is 0.207 e. The molecular formula is C16H27NO. The molecule has 0 spiro atoms. The van der Waals surface area contributed by atoms with E-state index in [1.54, 1.807) is 0 Å². The van der Waals surface area contributed by atoms with E-state index in [4.69, 9.17) is 0 Å². The van der Waals surface area contributed by atoms with Crippen LogP contribution in [0.5, 0.6) is 0 Å². The molecule has 1 N–H and O–H groups in total. The van der Waals surface area contributed by atoms with Gasteiger partial charge in [-0.15, -0.1) is 0 Å². The second-order valence-corrected chi connectivity index (χ2v) is 6.90. The van der Waals surface area contributed by atoms with Gasteiger partial charge in [-0.25, -0.2) is 0 Å². The summed E-state index contributed by atoms with van der Waals surface area (Å²) < 4.78 is 0.